The normalized spacial score (nSPS) is 13.0. The summed E-state index contributed by atoms with van der Waals surface area (Å²) in [6, 6.07) is 30.6. The number of aryl methyl sites for hydroxylation is 1. The lowest BCUT2D eigenvalue weighted by atomic mass is 10.0. The highest BCUT2D eigenvalue weighted by atomic mass is 16.3. The van der Waals surface area contributed by atoms with Crippen molar-refractivity contribution in [2.75, 3.05) is 0 Å². The quantitative estimate of drug-likeness (QED) is 0.278. The molecule has 0 saturated heterocycles. The van der Waals surface area contributed by atoms with Crippen LogP contribution in [0.1, 0.15) is 25.8 Å². The zero-order valence-electron chi connectivity index (χ0n) is 19.8. The molecule has 0 spiro atoms. The topological polar surface area (TPSA) is 18.1 Å². The third-order valence-electron chi connectivity index (χ3n) is 6.71. The fraction of sp³-hybridized carbons (Fsp3) is 0.125. The first-order chi connectivity index (χ1) is 16.7. The van der Waals surface area contributed by atoms with Gasteiger partial charge in [0, 0.05) is 32.6 Å². The molecule has 0 amide bonds. The van der Waals surface area contributed by atoms with Crippen molar-refractivity contribution in [2.45, 2.75) is 27.2 Å². The van der Waals surface area contributed by atoms with Crippen molar-refractivity contribution in [1.82, 2.24) is 4.57 Å². The molecule has 0 aliphatic carbocycles. The zero-order chi connectivity index (χ0) is 23.2. The van der Waals surface area contributed by atoms with Gasteiger partial charge in [-0.2, -0.15) is 0 Å². The minimum atomic E-state index is 0.945. The highest BCUT2D eigenvalue weighted by molar-refractivity contribution is 6.11. The molecule has 6 rings (SSSR count). The molecule has 2 nitrogen and oxygen atoms in total. The van der Waals surface area contributed by atoms with E-state index in [1.807, 2.05) is 0 Å². The van der Waals surface area contributed by atoms with Gasteiger partial charge in [0.25, 0.3) is 0 Å². The number of nitrogens with zero attached hydrogens (tertiary/aromatic N) is 1. The Morgan fingerprint density at radius 1 is 0.794 bits per heavy atom. The molecule has 6 aromatic rings. The van der Waals surface area contributed by atoms with Gasteiger partial charge in [0.2, 0.25) is 0 Å². The largest absolute Gasteiger partial charge is 0.456 e. The van der Waals surface area contributed by atoms with Crippen LogP contribution in [0.25, 0.3) is 61.7 Å². The third-order valence-corrected chi connectivity index (χ3v) is 6.71. The molecule has 0 N–H and O–H groups in total. The summed E-state index contributed by atoms with van der Waals surface area (Å²) in [5.41, 5.74) is 9.10. The predicted octanol–water partition coefficient (Wildman–Crippen LogP) is 7.50. The molecule has 0 aliphatic rings. The van der Waals surface area contributed by atoms with E-state index in [-0.39, 0.29) is 0 Å². The molecule has 2 heterocycles. The summed E-state index contributed by atoms with van der Waals surface area (Å²) in [6.07, 6.45) is 5.26. The number of para-hydroxylation sites is 2. The van der Waals surface area contributed by atoms with Crippen LogP contribution in [0.15, 0.2) is 89.3 Å². The molecule has 0 radical (unpaired) electrons. The number of aromatic nitrogens is 1. The number of fused-ring (bicyclic) bond motifs is 4. The van der Waals surface area contributed by atoms with Crippen LogP contribution >= 0.6 is 0 Å². The van der Waals surface area contributed by atoms with Crippen molar-refractivity contribution in [2.24, 2.45) is 0 Å². The van der Waals surface area contributed by atoms with E-state index in [9.17, 15) is 0 Å². The van der Waals surface area contributed by atoms with E-state index in [0.717, 1.165) is 23.0 Å². The highest BCUT2D eigenvalue weighted by Gasteiger charge is 2.15. The summed E-state index contributed by atoms with van der Waals surface area (Å²) in [6.45, 7) is 6.38. The van der Waals surface area contributed by atoms with Gasteiger partial charge in [-0.3, -0.25) is 0 Å². The Hall–Kier alpha value is -4.04. The van der Waals surface area contributed by atoms with Gasteiger partial charge < -0.3 is 8.98 Å². The van der Waals surface area contributed by atoms with Crippen molar-refractivity contribution in [3.63, 3.8) is 0 Å². The number of rotatable bonds is 3. The molecule has 0 unspecified atom stereocenters. The lowest BCUT2D eigenvalue weighted by Crippen LogP contribution is -2.19. The highest BCUT2D eigenvalue weighted by Crippen LogP contribution is 2.36. The van der Waals surface area contributed by atoms with Gasteiger partial charge in [-0.15, -0.1) is 0 Å². The maximum atomic E-state index is 6.41. The molecular formula is C32H27NO. The van der Waals surface area contributed by atoms with Crippen LogP contribution in [0.4, 0.5) is 0 Å². The van der Waals surface area contributed by atoms with Crippen LogP contribution in [0.3, 0.4) is 0 Å². The summed E-state index contributed by atoms with van der Waals surface area (Å²) in [5, 5.41) is 4.86. The monoisotopic (exact) mass is 441 g/mol. The van der Waals surface area contributed by atoms with Crippen LogP contribution in [0.2, 0.25) is 0 Å². The molecule has 0 bridgehead atoms. The lowest BCUT2D eigenvalue weighted by molar-refractivity contribution is 0.574. The van der Waals surface area contributed by atoms with E-state index in [0.29, 0.717) is 0 Å². The van der Waals surface area contributed by atoms with Gasteiger partial charge in [-0.1, -0.05) is 67.6 Å². The Morgan fingerprint density at radius 2 is 1.65 bits per heavy atom. The third kappa shape index (κ3) is 3.10. The first kappa shape index (κ1) is 20.6. The van der Waals surface area contributed by atoms with Gasteiger partial charge in [-0.25, -0.2) is 0 Å². The van der Waals surface area contributed by atoms with E-state index in [4.69, 9.17) is 4.42 Å². The van der Waals surface area contributed by atoms with E-state index in [2.05, 4.69) is 122 Å². The van der Waals surface area contributed by atoms with E-state index < -0.39 is 0 Å². The van der Waals surface area contributed by atoms with E-state index >= 15 is 0 Å². The molecular weight excluding hydrogens is 414 g/mol. The number of benzene rings is 4. The lowest BCUT2D eigenvalue weighted by Gasteiger charge is -2.08. The maximum Gasteiger partial charge on any atom is 0.143 e. The van der Waals surface area contributed by atoms with Crippen molar-refractivity contribution < 1.29 is 4.42 Å². The number of furan rings is 1. The molecule has 4 aromatic carbocycles. The Kier molecular flexibility index (Phi) is 4.88. The molecule has 34 heavy (non-hydrogen) atoms. The van der Waals surface area contributed by atoms with Crippen LogP contribution in [0.5, 0.6) is 0 Å². The molecule has 0 aliphatic heterocycles. The second-order valence-electron chi connectivity index (χ2n) is 8.89. The predicted molar refractivity (Wildman–Crippen MR) is 145 cm³/mol. The van der Waals surface area contributed by atoms with Gasteiger partial charge in [0.15, 0.2) is 0 Å². The molecule has 2 heteroatoms. The number of hydrogen-bond donors (Lipinski definition) is 0. The minimum absolute atomic E-state index is 0.945. The Labute approximate surface area is 199 Å². The van der Waals surface area contributed by atoms with E-state index in [1.165, 1.54) is 49.2 Å². The van der Waals surface area contributed by atoms with Crippen molar-refractivity contribution in [3.05, 3.63) is 101 Å². The molecule has 0 fully saturated rings. The fourth-order valence-corrected chi connectivity index (χ4v) is 5.17. The Balaban J connectivity index is 1.67. The zero-order valence-corrected chi connectivity index (χ0v) is 19.8. The average molecular weight is 442 g/mol. The Bertz CT molecular complexity index is 1800. The summed E-state index contributed by atoms with van der Waals surface area (Å²) in [4.78, 5) is 0. The first-order valence-electron chi connectivity index (χ1n) is 12.0. The number of hydrogen-bond acceptors (Lipinski definition) is 1. The van der Waals surface area contributed by atoms with Crippen LogP contribution < -0.4 is 10.6 Å². The molecule has 0 saturated carbocycles. The SMILES string of the molecule is C/C=c1\c(=C/CC)oc2c(-c3ccc4c(c3)c3ccc(C)cc3n4-c3ccccc3)cccc12. The standard InChI is InChI=1S/C32H27NO/c1-4-10-31-24(5-2)27-14-9-13-25(32(27)34-31)22-16-18-29-28(20-22)26-17-15-21(3)19-30(26)33(29)23-11-7-6-8-12-23/h5-20H,4H2,1-3H3/b24-5-,31-10+. The molecule has 2 aromatic heterocycles. The van der Waals surface area contributed by atoms with Gasteiger partial charge in [-0.05, 0) is 67.8 Å². The smallest absolute Gasteiger partial charge is 0.143 e. The van der Waals surface area contributed by atoms with Gasteiger partial charge >= 0.3 is 0 Å². The van der Waals surface area contributed by atoms with Crippen LogP contribution in [0, 0.1) is 6.92 Å². The summed E-state index contributed by atoms with van der Waals surface area (Å²) in [5.74, 6) is 0. The molecule has 166 valence electrons. The van der Waals surface area contributed by atoms with Crippen LogP contribution in [-0.4, -0.2) is 4.57 Å². The second kappa shape index (κ2) is 8.07. The van der Waals surface area contributed by atoms with Crippen molar-refractivity contribution in [3.8, 4) is 16.8 Å². The summed E-state index contributed by atoms with van der Waals surface area (Å²) in [7, 11) is 0. The van der Waals surface area contributed by atoms with Gasteiger partial charge in [0.1, 0.15) is 11.0 Å². The maximum absolute atomic E-state index is 6.41. The second-order valence-corrected chi connectivity index (χ2v) is 8.89. The fourth-order valence-electron chi connectivity index (χ4n) is 5.17. The molecule has 0 atom stereocenters. The first-order valence-corrected chi connectivity index (χ1v) is 12.0. The van der Waals surface area contributed by atoms with Crippen LogP contribution in [-0.2, 0) is 0 Å². The Morgan fingerprint density at radius 3 is 2.44 bits per heavy atom. The average Bonchev–Trinajstić information content (AvgIpc) is 3.38. The van der Waals surface area contributed by atoms with E-state index in [1.54, 1.807) is 0 Å². The van der Waals surface area contributed by atoms with Gasteiger partial charge in [0.05, 0.1) is 11.0 Å². The summed E-state index contributed by atoms with van der Waals surface area (Å²) >= 11 is 0. The van der Waals surface area contributed by atoms with Crippen molar-refractivity contribution >= 4 is 44.9 Å². The van der Waals surface area contributed by atoms with Crippen molar-refractivity contribution in [1.29, 1.82) is 0 Å². The minimum Gasteiger partial charge on any atom is -0.456 e. The summed E-state index contributed by atoms with van der Waals surface area (Å²) < 4.78 is 8.78.